The molecule has 3 aliphatic heterocycles. The standard InChI is InChI=1S/C21H27N3O4S/c1-26-16-4-5-17-18(13-16)29-20(22-17)24-8-2-3-15(14-24)19(25)23-9-6-21(7-10-23)27-11-12-28-21/h4-5,13,15H,2-3,6-12,14H2,1H3. The van der Waals surface area contributed by atoms with Crippen LogP contribution in [-0.4, -0.2) is 68.1 Å². The molecule has 29 heavy (non-hydrogen) atoms. The molecule has 1 amide bonds. The third kappa shape index (κ3) is 3.69. The molecule has 1 spiro atoms. The lowest BCUT2D eigenvalue weighted by Crippen LogP contribution is -2.51. The fraction of sp³-hybridized carbons (Fsp3) is 0.619. The average molecular weight is 418 g/mol. The van der Waals surface area contributed by atoms with E-state index in [1.54, 1.807) is 18.4 Å². The molecular weight excluding hydrogens is 390 g/mol. The van der Waals surface area contributed by atoms with E-state index in [0.717, 1.165) is 73.0 Å². The van der Waals surface area contributed by atoms with Crippen LogP contribution in [-0.2, 0) is 14.3 Å². The average Bonchev–Trinajstić information content (AvgIpc) is 3.40. The highest BCUT2D eigenvalue weighted by molar-refractivity contribution is 7.22. The second-order valence-electron chi connectivity index (χ2n) is 8.05. The van der Waals surface area contributed by atoms with Crippen molar-refractivity contribution >= 4 is 32.6 Å². The number of anilines is 1. The molecule has 1 aromatic carbocycles. The first kappa shape index (κ1) is 19.1. The van der Waals surface area contributed by atoms with Gasteiger partial charge in [0.25, 0.3) is 0 Å². The fourth-order valence-corrected chi connectivity index (χ4v) is 5.65. The van der Waals surface area contributed by atoms with Crippen molar-refractivity contribution in [2.45, 2.75) is 31.5 Å². The summed E-state index contributed by atoms with van der Waals surface area (Å²) >= 11 is 1.67. The molecule has 2 aromatic rings. The fourth-order valence-electron chi connectivity index (χ4n) is 4.62. The Morgan fingerprint density at radius 1 is 1.24 bits per heavy atom. The van der Waals surface area contributed by atoms with E-state index in [2.05, 4.69) is 4.90 Å². The molecular formula is C21H27N3O4S. The summed E-state index contributed by atoms with van der Waals surface area (Å²) in [5.41, 5.74) is 0.983. The molecule has 5 rings (SSSR count). The monoisotopic (exact) mass is 417 g/mol. The summed E-state index contributed by atoms with van der Waals surface area (Å²) < 4.78 is 18.0. The molecule has 3 saturated heterocycles. The van der Waals surface area contributed by atoms with Crippen molar-refractivity contribution in [2.75, 3.05) is 51.4 Å². The van der Waals surface area contributed by atoms with Crippen molar-refractivity contribution in [1.82, 2.24) is 9.88 Å². The third-order valence-electron chi connectivity index (χ3n) is 6.28. The van der Waals surface area contributed by atoms with Crippen LogP contribution in [0.25, 0.3) is 10.2 Å². The van der Waals surface area contributed by atoms with Gasteiger partial charge in [-0.3, -0.25) is 4.79 Å². The zero-order chi connectivity index (χ0) is 19.8. The van der Waals surface area contributed by atoms with Crippen molar-refractivity contribution in [3.63, 3.8) is 0 Å². The summed E-state index contributed by atoms with van der Waals surface area (Å²) in [5.74, 6) is 0.713. The molecule has 1 aromatic heterocycles. The Kier molecular flexibility index (Phi) is 5.09. The van der Waals surface area contributed by atoms with Crippen LogP contribution >= 0.6 is 11.3 Å². The van der Waals surface area contributed by atoms with Crippen LogP contribution in [0.5, 0.6) is 5.75 Å². The molecule has 0 radical (unpaired) electrons. The van der Waals surface area contributed by atoms with Gasteiger partial charge in [0.1, 0.15) is 5.75 Å². The van der Waals surface area contributed by atoms with Crippen LogP contribution < -0.4 is 9.64 Å². The maximum Gasteiger partial charge on any atom is 0.227 e. The van der Waals surface area contributed by atoms with E-state index in [1.165, 1.54) is 0 Å². The van der Waals surface area contributed by atoms with Gasteiger partial charge in [-0.2, -0.15) is 0 Å². The zero-order valence-corrected chi connectivity index (χ0v) is 17.6. The Balaban J connectivity index is 1.25. The zero-order valence-electron chi connectivity index (χ0n) is 16.8. The van der Waals surface area contributed by atoms with Gasteiger partial charge in [-0.1, -0.05) is 11.3 Å². The van der Waals surface area contributed by atoms with E-state index in [9.17, 15) is 4.79 Å². The van der Waals surface area contributed by atoms with Crippen molar-refractivity contribution in [1.29, 1.82) is 0 Å². The normalized spacial score (nSPS) is 24.4. The van der Waals surface area contributed by atoms with Gasteiger partial charge >= 0.3 is 0 Å². The van der Waals surface area contributed by atoms with E-state index in [1.807, 2.05) is 23.1 Å². The topological polar surface area (TPSA) is 64.1 Å². The number of hydrogen-bond donors (Lipinski definition) is 0. The lowest BCUT2D eigenvalue weighted by molar-refractivity contribution is -0.188. The number of carbonyl (C=O) groups excluding carboxylic acids is 1. The van der Waals surface area contributed by atoms with Gasteiger partial charge in [-0.05, 0) is 31.0 Å². The number of likely N-dealkylation sites (tertiary alicyclic amines) is 1. The minimum atomic E-state index is -0.433. The number of aromatic nitrogens is 1. The Hall–Kier alpha value is -1.90. The van der Waals surface area contributed by atoms with E-state index >= 15 is 0 Å². The SMILES string of the molecule is COc1ccc2nc(N3CCCC(C(=O)N4CCC5(CC4)OCCO5)C3)sc2c1. The van der Waals surface area contributed by atoms with Crippen LogP contribution in [0, 0.1) is 5.92 Å². The summed E-state index contributed by atoms with van der Waals surface area (Å²) in [6, 6.07) is 5.96. The largest absolute Gasteiger partial charge is 0.497 e. The maximum atomic E-state index is 13.2. The van der Waals surface area contributed by atoms with Gasteiger partial charge in [-0.25, -0.2) is 4.98 Å². The molecule has 1 unspecified atom stereocenters. The van der Waals surface area contributed by atoms with Crippen molar-refractivity contribution in [3.05, 3.63) is 18.2 Å². The van der Waals surface area contributed by atoms with Gasteiger partial charge in [0.2, 0.25) is 5.91 Å². The second-order valence-corrected chi connectivity index (χ2v) is 9.06. The van der Waals surface area contributed by atoms with Crippen LogP contribution in [0.2, 0.25) is 0 Å². The predicted octanol–water partition coefficient (Wildman–Crippen LogP) is 2.89. The summed E-state index contributed by atoms with van der Waals surface area (Å²) in [6.45, 7) is 4.46. The number of benzene rings is 1. The Labute approximate surface area is 174 Å². The number of piperidine rings is 2. The number of fused-ring (bicyclic) bond motifs is 1. The summed E-state index contributed by atoms with van der Waals surface area (Å²) in [6.07, 6.45) is 3.51. The third-order valence-corrected chi connectivity index (χ3v) is 7.35. The number of hydrogen-bond acceptors (Lipinski definition) is 7. The Morgan fingerprint density at radius 2 is 2.03 bits per heavy atom. The highest BCUT2D eigenvalue weighted by Crippen LogP contribution is 2.35. The molecule has 4 heterocycles. The molecule has 1 atom stereocenters. The maximum absolute atomic E-state index is 13.2. The van der Waals surface area contributed by atoms with Gasteiger partial charge in [0.15, 0.2) is 10.9 Å². The highest BCUT2D eigenvalue weighted by atomic mass is 32.1. The highest BCUT2D eigenvalue weighted by Gasteiger charge is 2.42. The number of rotatable bonds is 3. The summed E-state index contributed by atoms with van der Waals surface area (Å²) in [4.78, 5) is 22.3. The van der Waals surface area contributed by atoms with Crippen LogP contribution in [0.4, 0.5) is 5.13 Å². The minimum absolute atomic E-state index is 0.0322. The van der Waals surface area contributed by atoms with Gasteiger partial charge in [-0.15, -0.1) is 0 Å². The van der Waals surface area contributed by atoms with Crippen LogP contribution in [0.3, 0.4) is 0 Å². The van der Waals surface area contributed by atoms with Crippen LogP contribution in [0.1, 0.15) is 25.7 Å². The lowest BCUT2D eigenvalue weighted by Gasteiger charge is -2.40. The van der Waals surface area contributed by atoms with Gasteiger partial charge in [0, 0.05) is 39.0 Å². The number of ether oxygens (including phenoxy) is 3. The molecule has 8 heteroatoms. The molecule has 0 saturated carbocycles. The number of nitrogens with zero attached hydrogens (tertiary/aromatic N) is 3. The molecule has 0 aliphatic carbocycles. The van der Waals surface area contributed by atoms with Crippen molar-refractivity contribution in [3.8, 4) is 5.75 Å². The first-order chi connectivity index (χ1) is 14.2. The van der Waals surface area contributed by atoms with E-state index in [-0.39, 0.29) is 11.8 Å². The Bertz CT molecular complexity index is 885. The second kappa shape index (κ2) is 7.74. The predicted molar refractivity (Wildman–Crippen MR) is 112 cm³/mol. The van der Waals surface area contributed by atoms with Gasteiger partial charge < -0.3 is 24.0 Å². The van der Waals surface area contributed by atoms with E-state index in [0.29, 0.717) is 13.2 Å². The molecule has 7 nitrogen and oxygen atoms in total. The Morgan fingerprint density at radius 3 is 2.79 bits per heavy atom. The van der Waals surface area contributed by atoms with Gasteiger partial charge in [0.05, 0.1) is 36.5 Å². The smallest absolute Gasteiger partial charge is 0.227 e. The van der Waals surface area contributed by atoms with E-state index < -0.39 is 5.79 Å². The number of thiazole rings is 1. The molecule has 3 fully saturated rings. The quantitative estimate of drug-likeness (QED) is 0.765. The number of amides is 1. The lowest BCUT2D eigenvalue weighted by atomic mass is 9.95. The van der Waals surface area contributed by atoms with E-state index in [4.69, 9.17) is 19.2 Å². The first-order valence-corrected chi connectivity index (χ1v) is 11.2. The molecule has 3 aliphatic rings. The van der Waals surface area contributed by atoms with Crippen molar-refractivity contribution < 1.29 is 19.0 Å². The number of carbonyl (C=O) groups is 1. The molecule has 0 bridgehead atoms. The summed E-state index contributed by atoms with van der Waals surface area (Å²) in [5, 5.41) is 0.996. The number of methoxy groups -OCH3 is 1. The molecule has 156 valence electrons. The van der Waals surface area contributed by atoms with Crippen molar-refractivity contribution in [2.24, 2.45) is 5.92 Å². The first-order valence-electron chi connectivity index (χ1n) is 10.4. The van der Waals surface area contributed by atoms with Crippen LogP contribution in [0.15, 0.2) is 18.2 Å². The molecule has 0 N–H and O–H groups in total. The minimum Gasteiger partial charge on any atom is -0.497 e. The summed E-state index contributed by atoms with van der Waals surface area (Å²) in [7, 11) is 1.68.